The van der Waals surface area contributed by atoms with Gasteiger partial charge in [-0.25, -0.2) is 0 Å². The van der Waals surface area contributed by atoms with Crippen LogP contribution in [0.25, 0.3) is 0 Å². The quantitative estimate of drug-likeness (QED) is 0.479. The fraction of sp³-hybridized carbons (Fsp3) is 0.800. The molecule has 2 heteroatoms. The highest BCUT2D eigenvalue weighted by Gasteiger charge is 2.17. The average Bonchev–Trinajstić information content (AvgIpc) is 1.82. The summed E-state index contributed by atoms with van der Waals surface area (Å²) in [6, 6.07) is 0. The Morgan fingerprint density at radius 3 is 2.08 bits per heavy atom. The van der Waals surface area contributed by atoms with Crippen LogP contribution in [0.1, 0.15) is 27.2 Å². The van der Waals surface area contributed by atoms with Gasteiger partial charge in [-0.15, -0.1) is 0 Å². The van der Waals surface area contributed by atoms with Gasteiger partial charge < -0.3 is 4.43 Å². The maximum absolute atomic E-state index is 5.90. The van der Waals surface area contributed by atoms with Crippen molar-refractivity contribution >= 4 is 8.32 Å². The lowest BCUT2D eigenvalue weighted by Gasteiger charge is -2.22. The molecule has 12 heavy (non-hydrogen) atoms. The Morgan fingerprint density at radius 2 is 1.83 bits per heavy atom. The van der Waals surface area contributed by atoms with Crippen molar-refractivity contribution < 1.29 is 4.43 Å². The summed E-state index contributed by atoms with van der Waals surface area (Å²) in [6.45, 7) is 13.1. The fourth-order valence-electron chi connectivity index (χ4n) is 1.01. The first-order chi connectivity index (χ1) is 5.35. The normalized spacial score (nSPS) is 13.8. The molecule has 1 nitrogen and oxygen atoms in total. The van der Waals surface area contributed by atoms with Crippen LogP contribution in [0.4, 0.5) is 0 Å². The van der Waals surface area contributed by atoms with Crippen molar-refractivity contribution in [3.05, 3.63) is 11.8 Å². The molecule has 0 fully saturated rings. The molecule has 0 N–H and O–H groups in total. The van der Waals surface area contributed by atoms with E-state index in [2.05, 4.69) is 46.5 Å². The SMILES string of the molecule is C/C=C(\CC(C)C)O[Si](C)(C)C. The van der Waals surface area contributed by atoms with Crippen molar-refractivity contribution in [2.75, 3.05) is 0 Å². The Bertz CT molecular complexity index is 154. The van der Waals surface area contributed by atoms with Crippen molar-refractivity contribution in [1.29, 1.82) is 0 Å². The van der Waals surface area contributed by atoms with E-state index in [9.17, 15) is 0 Å². The third kappa shape index (κ3) is 6.47. The Balaban J connectivity index is 4.03. The summed E-state index contributed by atoms with van der Waals surface area (Å²) in [4.78, 5) is 0. The summed E-state index contributed by atoms with van der Waals surface area (Å²) < 4.78 is 5.90. The molecular weight excluding hydrogens is 164 g/mol. The summed E-state index contributed by atoms with van der Waals surface area (Å²) in [5, 5.41) is 0. The lowest BCUT2D eigenvalue weighted by Crippen LogP contribution is -2.25. The van der Waals surface area contributed by atoms with Crippen molar-refractivity contribution in [1.82, 2.24) is 0 Å². The average molecular weight is 186 g/mol. The maximum atomic E-state index is 5.90. The number of hydrogen-bond acceptors (Lipinski definition) is 1. The van der Waals surface area contributed by atoms with Gasteiger partial charge in [-0.3, -0.25) is 0 Å². The van der Waals surface area contributed by atoms with Crippen molar-refractivity contribution in [2.24, 2.45) is 5.92 Å². The molecule has 0 radical (unpaired) electrons. The zero-order valence-corrected chi connectivity index (χ0v) is 10.3. The summed E-state index contributed by atoms with van der Waals surface area (Å²) in [7, 11) is -1.38. The minimum atomic E-state index is -1.38. The second-order valence-corrected chi connectivity index (χ2v) is 9.00. The van der Waals surface area contributed by atoms with Crippen LogP contribution in [0.2, 0.25) is 19.6 Å². The molecule has 72 valence electrons. The highest BCUT2D eigenvalue weighted by atomic mass is 28.4. The molecule has 0 heterocycles. The number of rotatable bonds is 4. The fourth-order valence-corrected chi connectivity index (χ4v) is 2.00. The predicted octanol–water partition coefficient (Wildman–Crippen LogP) is 3.79. The van der Waals surface area contributed by atoms with Crippen LogP contribution in [0.5, 0.6) is 0 Å². The van der Waals surface area contributed by atoms with Crippen LogP contribution in [0.15, 0.2) is 11.8 Å². The van der Waals surface area contributed by atoms with Gasteiger partial charge in [-0.1, -0.05) is 19.9 Å². The monoisotopic (exact) mass is 186 g/mol. The summed E-state index contributed by atoms with van der Waals surface area (Å²) >= 11 is 0. The van der Waals surface area contributed by atoms with Crippen LogP contribution < -0.4 is 0 Å². The number of hydrogen-bond donors (Lipinski definition) is 0. The number of allylic oxidation sites excluding steroid dienone is 2. The molecule has 0 aliphatic rings. The smallest absolute Gasteiger partial charge is 0.241 e. The molecule has 0 atom stereocenters. The Kier molecular flexibility index (Phi) is 4.61. The van der Waals surface area contributed by atoms with Gasteiger partial charge in [-0.2, -0.15) is 0 Å². The largest absolute Gasteiger partial charge is 0.548 e. The van der Waals surface area contributed by atoms with Crippen LogP contribution >= 0.6 is 0 Å². The maximum Gasteiger partial charge on any atom is 0.241 e. The van der Waals surface area contributed by atoms with E-state index in [1.165, 1.54) is 5.76 Å². The molecule has 0 aliphatic carbocycles. The molecule has 0 bridgehead atoms. The van der Waals surface area contributed by atoms with Crippen molar-refractivity contribution in [3.8, 4) is 0 Å². The third-order valence-corrected chi connectivity index (χ3v) is 2.24. The highest BCUT2D eigenvalue weighted by Crippen LogP contribution is 2.17. The van der Waals surface area contributed by atoms with E-state index in [4.69, 9.17) is 4.43 Å². The first-order valence-electron chi connectivity index (χ1n) is 4.69. The predicted molar refractivity (Wildman–Crippen MR) is 57.6 cm³/mol. The van der Waals surface area contributed by atoms with Crippen LogP contribution in [-0.2, 0) is 4.43 Å². The molecule has 0 unspecified atom stereocenters. The van der Waals surface area contributed by atoms with Gasteiger partial charge in [0.2, 0.25) is 8.32 Å². The molecule has 0 saturated heterocycles. The van der Waals surface area contributed by atoms with Gasteiger partial charge in [0.1, 0.15) is 0 Å². The molecule has 0 amide bonds. The molecule has 0 aromatic rings. The van der Waals surface area contributed by atoms with Gasteiger partial charge in [0.25, 0.3) is 0 Å². The van der Waals surface area contributed by atoms with Gasteiger partial charge in [-0.05, 0) is 32.5 Å². The van der Waals surface area contributed by atoms with Crippen molar-refractivity contribution in [3.63, 3.8) is 0 Å². The minimum absolute atomic E-state index is 0.688. The summed E-state index contributed by atoms with van der Waals surface area (Å²) in [6.07, 6.45) is 3.17. The first kappa shape index (κ1) is 11.8. The molecule has 0 saturated carbocycles. The Hall–Kier alpha value is -0.243. The van der Waals surface area contributed by atoms with E-state index in [-0.39, 0.29) is 0 Å². The molecule has 0 spiro atoms. The first-order valence-corrected chi connectivity index (χ1v) is 8.10. The topological polar surface area (TPSA) is 9.23 Å². The summed E-state index contributed by atoms with van der Waals surface area (Å²) in [5.41, 5.74) is 0. The Morgan fingerprint density at radius 1 is 1.33 bits per heavy atom. The van der Waals surface area contributed by atoms with Crippen LogP contribution in [0, 0.1) is 5.92 Å². The van der Waals surface area contributed by atoms with Gasteiger partial charge in [0.15, 0.2) is 0 Å². The molecular formula is C10H22OSi. The lowest BCUT2D eigenvalue weighted by molar-refractivity contribution is 0.375. The van der Waals surface area contributed by atoms with Crippen LogP contribution in [0.3, 0.4) is 0 Å². The minimum Gasteiger partial charge on any atom is -0.548 e. The highest BCUT2D eigenvalue weighted by molar-refractivity contribution is 6.70. The standard InChI is InChI=1S/C10H22OSi/c1-7-10(8-9(2)3)11-12(4,5)6/h7,9H,8H2,1-6H3/b10-7+. The van der Waals surface area contributed by atoms with Crippen molar-refractivity contribution in [2.45, 2.75) is 46.8 Å². The zero-order valence-electron chi connectivity index (χ0n) is 9.27. The molecule has 0 aromatic carbocycles. The van der Waals surface area contributed by atoms with E-state index in [0.29, 0.717) is 5.92 Å². The van der Waals surface area contributed by atoms with E-state index >= 15 is 0 Å². The van der Waals surface area contributed by atoms with Crippen LogP contribution in [-0.4, -0.2) is 8.32 Å². The third-order valence-electron chi connectivity index (χ3n) is 1.37. The molecule has 0 rings (SSSR count). The summed E-state index contributed by atoms with van der Waals surface area (Å²) in [5.74, 6) is 1.86. The molecule has 0 aromatic heterocycles. The van der Waals surface area contributed by atoms with E-state index in [0.717, 1.165) is 6.42 Å². The van der Waals surface area contributed by atoms with Gasteiger partial charge >= 0.3 is 0 Å². The molecule has 0 aliphatic heterocycles. The lowest BCUT2D eigenvalue weighted by atomic mass is 10.1. The van der Waals surface area contributed by atoms with E-state index < -0.39 is 8.32 Å². The van der Waals surface area contributed by atoms with E-state index in [1.807, 2.05) is 0 Å². The zero-order chi connectivity index (χ0) is 9.78. The Labute approximate surface area is 78.0 Å². The second kappa shape index (κ2) is 4.70. The van der Waals surface area contributed by atoms with E-state index in [1.54, 1.807) is 0 Å². The van der Waals surface area contributed by atoms with Gasteiger partial charge in [0.05, 0.1) is 5.76 Å². The van der Waals surface area contributed by atoms with Gasteiger partial charge in [0, 0.05) is 6.42 Å². The second-order valence-electron chi connectivity index (χ2n) is 4.57.